The summed E-state index contributed by atoms with van der Waals surface area (Å²) in [6.07, 6.45) is 0.674. The van der Waals surface area contributed by atoms with Crippen LogP contribution in [0.1, 0.15) is 27.2 Å². The van der Waals surface area contributed by atoms with Crippen LogP contribution in [0.15, 0.2) is 27.6 Å². The summed E-state index contributed by atoms with van der Waals surface area (Å²) in [5.41, 5.74) is 5.96. The van der Waals surface area contributed by atoms with Crippen molar-refractivity contribution < 1.29 is 8.42 Å². The van der Waals surface area contributed by atoms with Gasteiger partial charge in [0.2, 0.25) is 10.0 Å². The smallest absolute Gasteiger partial charge is 0.242 e. The number of hydrogen-bond acceptors (Lipinski definition) is 4. The summed E-state index contributed by atoms with van der Waals surface area (Å²) in [5.74, 6) is 0.341. The fourth-order valence-electron chi connectivity index (χ4n) is 2.42. The Kier molecular flexibility index (Phi) is 6.44. The molecule has 0 saturated carbocycles. The van der Waals surface area contributed by atoms with Crippen LogP contribution in [-0.2, 0) is 10.0 Å². The van der Waals surface area contributed by atoms with Crippen molar-refractivity contribution in [3.8, 4) is 0 Å². The molecule has 0 aromatic heterocycles. The maximum atomic E-state index is 12.8. The van der Waals surface area contributed by atoms with Crippen LogP contribution in [0.25, 0.3) is 0 Å². The Balaban J connectivity index is 3.21. The van der Waals surface area contributed by atoms with Gasteiger partial charge in [-0.1, -0.05) is 13.8 Å². The van der Waals surface area contributed by atoms with Crippen LogP contribution >= 0.6 is 15.9 Å². The zero-order valence-electron chi connectivity index (χ0n) is 13.9. The van der Waals surface area contributed by atoms with Crippen molar-refractivity contribution in [3.63, 3.8) is 0 Å². The summed E-state index contributed by atoms with van der Waals surface area (Å²) in [5, 5.41) is 0. The van der Waals surface area contributed by atoms with E-state index in [1.165, 1.54) is 0 Å². The first-order chi connectivity index (χ1) is 10.0. The van der Waals surface area contributed by atoms with Gasteiger partial charge in [-0.15, -0.1) is 0 Å². The molecule has 7 heteroatoms. The summed E-state index contributed by atoms with van der Waals surface area (Å²) < 4.78 is 28.8. The molecule has 0 spiro atoms. The van der Waals surface area contributed by atoms with Crippen molar-refractivity contribution >= 4 is 31.6 Å². The van der Waals surface area contributed by atoms with Gasteiger partial charge in [-0.2, -0.15) is 0 Å². The Labute approximate surface area is 142 Å². The van der Waals surface area contributed by atoms with Crippen molar-refractivity contribution in [1.82, 2.24) is 4.72 Å². The molecule has 1 aromatic carbocycles. The number of sulfonamides is 1. The second-order valence-electron chi connectivity index (χ2n) is 6.48. The predicted molar refractivity (Wildman–Crippen MR) is 95.7 cm³/mol. The third-order valence-electron chi connectivity index (χ3n) is 3.41. The average molecular weight is 392 g/mol. The van der Waals surface area contributed by atoms with Gasteiger partial charge in [0.25, 0.3) is 0 Å². The minimum Gasteiger partial charge on any atom is -0.378 e. The molecular weight excluding hydrogens is 366 g/mol. The summed E-state index contributed by atoms with van der Waals surface area (Å²) in [4.78, 5) is 2.09. The lowest BCUT2D eigenvalue weighted by atomic mass is 9.92. The molecule has 0 bridgehead atoms. The number of halogens is 1. The SMILES string of the molecule is CC(C)CC(C)(CN)NS(=O)(=O)c1cc(N(C)C)ccc1Br. The zero-order chi connectivity index (χ0) is 17.1. The van der Waals surface area contributed by atoms with Crippen LogP contribution < -0.4 is 15.4 Å². The number of hydrogen-bond donors (Lipinski definition) is 2. The van der Waals surface area contributed by atoms with Crippen molar-refractivity contribution in [2.24, 2.45) is 11.7 Å². The summed E-state index contributed by atoms with van der Waals surface area (Å²) in [6.45, 7) is 6.18. The van der Waals surface area contributed by atoms with Crippen LogP contribution in [0.4, 0.5) is 5.69 Å². The zero-order valence-corrected chi connectivity index (χ0v) is 16.3. The van der Waals surface area contributed by atoms with E-state index in [9.17, 15) is 8.42 Å². The molecule has 0 heterocycles. The topological polar surface area (TPSA) is 75.4 Å². The molecule has 0 aliphatic heterocycles. The first kappa shape index (κ1) is 19.4. The lowest BCUT2D eigenvalue weighted by Crippen LogP contribution is -2.52. The maximum Gasteiger partial charge on any atom is 0.242 e. The highest BCUT2D eigenvalue weighted by Gasteiger charge is 2.31. The van der Waals surface area contributed by atoms with Crippen LogP contribution in [0.3, 0.4) is 0 Å². The van der Waals surface area contributed by atoms with E-state index in [0.717, 1.165) is 5.69 Å². The summed E-state index contributed by atoms with van der Waals surface area (Å²) in [7, 11) is 0.0758. The predicted octanol–water partition coefficient (Wildman–Crippen LogP) is 2.56. The van der Waals surface area contributed by atoms with Gasteiger partial charge in [-0.25, -0.2) is 13.1 Å². The molecule has 1 aromatic rings. The fraction of sp³-hybridized carbons (Fsp3) is 0.600. The molecule has 0 aliphatic rings. The highest BCUT2D eigenvalue weighted by molar-refractivity contribution is 9.10. The van der Waals surface area contributed by atoms with Gasteiger partial charge in [-0.05, 0) is 53.4 Å². The van der Waals surface area contributed by atoms with Crippen LogP contribution in [0.5, 0.6) is 0 Å². The average Bonchev–Trinajstić information content (AvgIpc) is 2.36. The highest BCUT2D eigenvalue weighted by Crippen LogP contribution is 2.28. The lowest BCUT2D eigenvalue weighted by molar-refractivity contribution is 0.344. The number of anilines is 1. The number of nitrogens with zero attached hydrogens (tertiary/aromatic N) is 1. The Bertz CT molecular complexity index is 617. The molecule has 0 amide bonds. The molecule has 0 radical (unpaired) electrons. The highest BCUT2D eigenvalue weighted by atomic mass is 79.9. The van der Waals surface area contributed by atoms with E-state index >= 15 is 0 Å². The van der Waals surface area contributed by atoms with Crippen LogP contribution in [0.2, 0.25) is 0 Å². The quantitative estimate of drug-likeness (QED) is 0.748. The minimum atomic E-state index is -3.67. The molecular formula is C15H26BrN3O2S. The Hall–Kier alpha value is -0.630. The van der Waals surface area contributed by atoms with Gasteiger partial charge in [0, 0.05) is 36.3 Å². The molecule has 0 saturated heterocycles. The monoisotopic (exact) mass is 391 g/mol. The Morgan fingerprint density at radius 2 is 1.95 bits per heavy atom. The van der Waals surface area contributed by atoms with E-state index in [-0.39, 0.29) is 11.4 Å². The molecule has 1 unspecified atom stereocenters. The molecule has 1 rings (SSSR count). The molecule has 3 N–H and O–H groups in total. The second-order valence-corrected chi connectivity index (χ2v) is 8.98. The second kappa shape index (κ2) is 7.29. The molecule has 5 nitrogen and oxygen atoms in total. The van der Waals surface area contributed by atoms with E-state index in [2.05, 4.69) is 20.7 Å². The van der Waals surface area contributed by atoms with Gasteiger partial charge >= 0.3 is 0 Å². The van der Waals surface area contributed by atoms with Crippen molar-refractivity contribution in [2.45, 2.75) is 37.6 Å². The van der Waals surface area contributed by atoms with E-state index in [1.807, 2.05) is 45.8 Å². The van der Waals surface area contributed by atoms with Crippen molar-refractivity contribution in [3.05, 3.63) is 22.7 Å². The Morgan fingerprint density at radius 1 is 1.36 bits per heavy atom. The van der Waals surface area contributed by atoms with Gasteiger partial charge in [0.15, 0.2) is 0 Å². The van der Waals surface area contributed by atoms with Gasteiger partial charge in [-0.3, -0.25) is 0 Å². The summed E-state index contributed by atoms with van der Waals surface area (Å²) in [6, 6.07) is 5.25. The van der Waals surface area contributed by atoms with Crippen LogP contribution in [-0.4, -0.2) is 34.6 Å². The number of nitrogens with two attached hydrogens (primary N) is 1. The first-order valence-electron chi connectivity index (χ1n) is 7.21. The van der Waals surface area contributed by atoms with Crippen LogP contribution in [0, 0.1) is 5.92 Å². The van der Waals surface area contributed by atoms with Gasteiger partial charge in [0.05, 0.1) is 4.90 Å². The number of rotatable bonds is 7. The van der Waals surface area contributed by atoms with Crippen molar-refractivity contribution in [2.75, 3.05) is 25.5 Å². The van der Waals surface area contributed by atoms with E-state index < -0.39 is 15.6 Å². The minimum absolute atomic E-state index is 0.224. The molecule has 0 fully saturated rings. The van der Waals surface area contributed by atoms with Gasteiger partial charge in [0.1, 0.15) is 0 Å². The molecule has 22 heavy (non-hydrogen) atoms. The third kappa shape index (κ3) is 4.94. The van der Waals surface area contributed by atoms with E-state index in [4.69, 9.17) is 5.73 Å². The summed E-state index contributed by atoms with van der Waals surface area (Å²) >= 11 is 3.33. The lowest BCUT2D eigenvalue weighted by Gasteiger charge is -2.31. The molecule has 0 aliphatic carbocycles. The Morgan fingerprint density at radius 3 is 2.41 bits per heavy atom. The van der Waals surface area contributed by atoms with Gasteiger partial charge < -0.3 is 10.6 Å². The fourth-order valence-corrected chi connectivity index (χ4v) is 4.84. The number of nitrogens with one attached hydrogen (secondary N) is 1. The number of benzene rings is 1. The third-order valence-corrected chi connectivity index (χ3v) is 6.04. The largest absolute Gasteiger partial charge is 0.378 e. The normalized spacial score (nSPS) is 14.9. The van der Waals surface area contributed by atoms with E-state index in [1.54, 1.807) is 12.1 Å². The van der Waals surface area contributed by atoms with E-state index in [0.29, 0.717) is 16.8 Å². The molecule has 1 atom stereocenters. The molecule has 126 valence electrons. The standard InChI is InChI=1S/C15H26BrN3O2S/c1-11(2)9-15(3,10-17)18-22(20,21)14-8-12(19(4)5)6-7-13(14)16/h6-8,11,18H,9-10,17H2,1-5H3. The van der Waals surface area contributed by atoms with Crippen molar-refractivity contribution in [1.29, 1.82) is 0 Å². The first-order valence-corrected chi connectivity index (χ1v) is 9.49. The maximum absolute atomic E-state index is 12.8.